The van der Waals surface area contributed by atoms with E-state index in [1.54, 1.807) is 14.2 Å². The maximum atomic E-state index is 14.3. The van der Waals surface area contributed by atoms with Crippen molar-refractivity contribution in [2.24, 2.45) is 17.6 Å². The number of ether oxygens (including phenoxy) is 4. The molecule has 2 N–H and O–H groups in total. The van der Waals surface area contributed by atoms with Gasteiger partial charge in [-0.1, -0.05) is 118 Å². The Kier molecular flexibility index (Phi) is 19.7. The molecular formula is C33H66NO7P. The Hall–Kier alpha value is -0.0500. The van der Waals surface area contributed by atoms with Gasteiger partial charge in [0, 0.05) is 26.1 Å². The summed E-state index contributed by atoms with van der Waals surface area (Å²) in [5, 5.41) is 0. The Labute approximate surface area is 258 Å². The highest BCUT2D eigenvalue weighted by Gasteiger charge is 2.47. The van der Waals surface area contributed by atoms with Crippen LogP contribution in [0.5, 0.6) is 0 Å². The molecule has 2 aliphatic heterocycles. The Balaban J connectivity index is 2.07. The van der Waals surface area contributed by atoms with Crippen molar-refractivity contribution < 1.29 is 32.6 Å². The second-order valence-corrected chi connectivity index (χ2v) is 14.9. The molecule has 9 heteroatoms. The van der Waals surface area contributed by atoms with E-state index in [-0.39, 0.29) is 42.5 Å². The van der Waals surface area contributed by atoms with Crippen molar-refractivity contribution in [2.45, 2.75) is 167 Å². The Morgan fingerprint density at radius 1 is 0.619 bits per heavy atom. The smallest absolute Gasteiger partial charge is 0.345 e. The molecule has 0 unspecified atom stereocenters. The zero-order valence-corrected chi connectivity index (χ0v) is 28.8. The van der Waals surface area contributed by atoms with Gasteiger partial charge in [0.1, 0.15) is 12.2 Å². The van der Waals surface area contributed by atoms with E-state index in [4.69, 9.17) is 33.7 Å². The molecule has 250 valence electrons. The van der Waals surface area contributed by atoms with Crippen molar-refractivity contribution in [1.29, 1.82) is 0 Å². The Morgan fingerprint density at radius 3 is 1.31 bits per heavy atom. The zero-order chi connectivity index (χ0) is 30.8. The van der Waals surface area contributed by atoms with E-state index in [2.05, 4.69) is 27.7 Å². The molecule has 2 rings (SSSR count). The van der Waals surface area contributed by atoms with Gasteiger partial charge in [0.05, 0.1) is 43.9 Å². The normalized spacial score (nSPS) is 30.5. The largest absolute Gasteiger partial charge is 0.378 e. The molecular weight excluding hydrogens is 553 g/mol. The topological polar surface area (TPSA) is 98.5 Å². The first-order chi connectivity index (χ1) is 20.3. The number of hydrogen-bond acceptors (Lipinski definition) is 8. The number of methoxy groups -OCH3 is 2. The lowest BCUT2D eigenvalue weighted by Crippen LogP contribution is -2.53. The molecule has 2 saturated heterocycles. The van der Waals surface area contributed by atoms with E-state index in [1.807, 2.05) is 0 Å². The van der Waals surface area contributed by atoms with Crippen molar-refractivity contribution in [3.8, 4) is 0 Å². The Bertz CT molecular complexity index is 675. The number of hydrogen-bond donors (Lipinski definition) is 1. The SMILES string of the molecule is CCCCCCCCC[C@@H]1OC[C@H](C)[C@H](OC)[C@@H]1OP(=O)(CN)O[C@H]1[C@@H](OC)[C@@H](C)CO[C@H]1CCCCCCCCC. The summed E-state index contributed by atoms with van der Waals surface area (Å²) in [7, 11) is -0.339. The van der Waals surface area contributed by atoms with Crippen molar-refractivity contribution in [1.82, 2.24) is 0 Å². The quantitative estimate of drug-likeness (QED) is 0.0902. The van der Waals surface area contributed by atoms with Gasteiger partial charge in [0.2, 0.25) is 0 Å². The molecule has 8 atom stereocenters. The third-order valence-corrected chi connectivity index (χ3v) is 10.7. The lowest BCUT2D eigenvalue weighted by atomic mass is 9.91. The highest BCUT2D eigenvalue weighted by molar-refractivity contribution is 7.53. The van der Waals surface area contributed by atoms with Crippen LogP contribution >= 0.6 is 7.60 Å². The predicted molar refractivity (Wildman–Crippen MR) is 171 cm³/mol. The second kappa shape index (κ2) is 21.6. The van der Waals surface area contributed by atoms with Gasteiger partial charge in [-0.2, -0.15) is 0 Å². The van der Waals surface area contributed by atoms with E-state index in [9.17, 15) is 4.57 Å². The summed E-state index contributed by atoms with van der Waals surface area (Å²) < 4.78 is 51.5. The third-order valence-electron chi connectivity index (χ3n) is 9.17. The van der Waals surface area contributed by atoms with Gasteiger partial charge in [-0.15, -0.1) is 0 Å². The number of rotatable bonds is 23. The maximum Gasteiger partial charge on any atom is 0.345 e. The van der Waals surface area contributed by atoms with Crippen LogP contribution in [0.15, 0.2) is 0 Å². The van der Waals surface area contributed by atoms with Crippen molar-refractivity contribution in [3.05, 3.63) is 0 Å². The summed E-state index contributed by atoms with van der Waals surface area (Å²) in [6.45, 7) is 9.83. The van der Waals surface area contributed by atoms with Crippen molar-refractivity contribution >= 4 is 7.60 Å². The average molecular weight is 620 g/mol. The first-order valence-corrected chi connectivity index (χ1v) is 19.0. The average Bonchev–Trinajstić information content (AvgIpc) is 2.98. The maximum absolute atomic E-state index is 14.3. The lowest BCUT2D eigenvalue weighted by molar-refractivity contribution is -0.180. The molecule has 2 aliphatic rings. The van der Waals surface area contributed by atoms with Crippen LogP contribution in [0.3, 0.4) is 0 Å². The minimum absolute atomic E-state index is 0.103. The molecule has 0 bridgehead atoms. The molecule has 0 aromatic carbocycles. The summed E-state index contributed by atoms with van der Waals surface area (Å²) >= 11 is 0. The Morgan fingerprint density at radius 2 is 0.976 bits per heavy atom. The van der Waals surface area contributed by atoms with Crippen LogP contribution in [0, 0.1) is 11.8 Å². The summed E-state index contributed by atoms with van der Waals surface area (Å²) in [5.41, 5.74) is 6.16. The fourth-order valence-corrected chi connectivity index (χ4v) is 8.05. The summed E-state index contributed by atoms with van der Waals surface area (Å²) in [4.78, 5) is 0. The zero-order valence-electron chi connectivity index (χ0n) is 27.9. The van der Waals surface area contributed by atoms with Gasteiger partial charge < -0.3 is 24.7 Å². The van der Waals surface area contributed by atoms with Crippen LogP contribution in [0.1, 0.15) is 130 Å². The molecule has 42 heavy (non-hydrogen) atoms. The van der Waals surface area contributed by atoms with Crippen LogP contribution in [-0.4, -0.2) is 70.3 Å². The first-order valence-electron chi connectivity index (χ1n) is 17.3. The van der Waals surface area contributed by atoms with Gasteiger partial charge in [-0.25, -0.2) is 0 Å². The molecule has 0 aromatic rings. The molecule has 2 heterocycles. The lowest BCUT2D eigenvalue weighted by Gasteiger charge is -2.44. The van der Waals surface area contributed by atoms with Gasteiger partial charge in [0.25, 0.3) is 0 Å². The van der Waals surface area contributed by atoms with E-state index >= 15 is 0 Å². The molecule has 8 nitrogen and oxygen atoms in total. The highest BCUT2D eigenvalue weighted by atomic mass is 31.2. The number of unbranched alkanes of at least 4 members (excludes halogenated alkanes) is 12. The first kappa shape index (κ1) is 38.1. The van der Waals surface area contributed by atoms with Crippen molar-refractivity contribution in [3.63, 3.8) is 0 Å². The van der Waals surface area contributed by atoms with Crippen LogP contribution < -0.4 is 5.73 Å². The van der Waals surface area contributed by atoms with Crippen LogP contribution in [0.2, 0.25) is 0 Å². The summed E-state index contributed by atoms with van der Waals surface area (Å²) in [6.07, 6.45) is 16.6. The fraction of sp³-hybridized carbons (Fsp3) is 1.00. The van der Waals surface area contributed by atoms with Crippen LogP contribution in [-0.2, 0) is 32.6 Å². The second-order valence-electron chi connectivity index (χ2n) is 12.9. The van der Waals surface area contributed by atoms with Crippen LogP contribution in [0.25, 0.3) is 0 Å². The van der Waals surface area contributed by atoms with Gasteiger partial charge in [-0.05, 0) is 12.8 Å². The van der Waals surface area contributed by atoms with Crippen molar-refractivity contribution in [2.75, 3.05) is 33.7 Å². The van der Waals surface area contributed by atoms with Gasteiger partial charge in [0.15, 0.2) is 0 Å². The molecule has 2 fully saturated rings. The third kappa shape index (κ3) is 12.7. The monoisotopic (exact) mass is 619 g/mol. The summed E-state index contributed by atoms with van der Waals surface area (Å²) in [6, 6.07) is 0. The molecule has 0 aromatic heterocycles. The fourth-order valence-electron chi connectivity index (χ4n) is 6.57. The van der Waals surface area contributed by atoms with E-state index in [1.165, 1.54) is 64.2 Å². The molecule has 0 aliphatic carbocycles. The predicted octanol–water partition coefficient (Wildman–Crippen LogP) is 8.25. The number of nitrogens with two attached hydrogens (primary N) is 1. The highest BCUT2D eigenvalue weighted by Crippen LogP contribution is 2.53. The van der Waals surface area contributed by atoms with E-state index in [0.717, 1.165) is 38.5 Å². The van der Waals surface area contributed by atoms with E-state index < -0.39 is 19.8 Å². The van der Waals surface area contributed by atoms with E-state index in [0.29, 0.717) is 13.2 Å². The molecule has 0 saturated carbocycles. The van der Waals surface area contributed by atoms with Gasteiger partial charge >= 0.3 is 7.60 Å². The van der Waals surface area contributed by atoms with Gasteiger partial charge in [-0.3, -0.25) is 13.6 Å². The molecule has 0 spiro atoms. The van der Waals surface area contributed by atoms with Crippen LogP contribution in [0.4, 0.5) is 0 Å². The molecule has 0 radical (unpaired) electrons. The molecule has 0 amide bonds. The standard InChI is InChI=1S/C33H66NO7P/c1-7-9-11-13-15-17-19-21-28-32(30(36-5)26(3)23-38-28)40-42(35,25-34)41-33-29(39-24-27(4)31(33)37-6)22-20-18-16-14-12-10-8-2/h26-33H,7-25,34H2,1-6H3/t26-,27-,28-,29-,30-,31-,32+,33+/m0/s1. The minimum Gasteiger partial charge on any atom is -0.378 e. The minimum atomic E-state index is -3.72. The summed E-state index contributed by atoms with van der Waals surface area (Å²) in [5.74, 6) is 0.206.